The molecule has 0 aromatic carbocycles. The second-order valence-electron chi connectivity index (χ2n) is 4.81. The molecular weight excluding hydrogens is 270 g/mol. The zero-order chi connectivity index (χ0) is 15.5. The Bertz CT molecular complexity index is 447. The van der Waals surface area contributed by atoms with Crippen molar-refractivity contribution in [3.05, 3.63) is 0 Å². The molecule has 1 aliphatic rings. The maximum Gasteiger partial charge on any atom is 0.334 e. The van der Waals surface area contributed by atoms with Crippen molar-refractivity contribution in [2.24, 2.45) is 0 Å². The lowest BCUT2D eigenvalue weighted by molar-refractivity contribution is -0.148. The first-order valence-corrected chi connectivity index (χ1v) is 5.85. The fourth-order valence-corrected chi connectivity index (χ4v) is 1.64. The Hall–Kier alpha value is -2.16. The van der Waals surface area contributed by atoms with E-state index in [1.165, 1.54) is 21.0 Å². The number of imide groups is 1. The highest BCUT2D eigenvalue weighted by Crippen LogP contribution is 2.15. The van der Waals surface area contributed by atoms with Crippen LogP contribution in [0.25, 0.3) is 0 Å². The molecule has 3 N–H and O–H groups in total. The van der Waals surface area contributed by atoms with E-state index in [1.807, 2.05) is 0 Å². The number of urea groups is 1. The van der Waals surface area contributed by atoms with Crippen molar-refractivity contribution < 1.29 is 29.0 Å². The number of amides is 4. The van der Waals surface area contributed by atoms with Gasteiger partial charge in [0.15, 0.2) is 6.10 Å². The molecule has 0 bridgehead atoms. The standard InChI is InChI=1S/C11H17N3O6/c1-11(2)9(18)14(10(19)13-11)5-7(15)12-4-6(20-3)8(16)17/h6H,4-5H2,1-3H3,(H,12,15)(H,13,19)(H,16,17). The van der Waals surface area contributed by atoms with Crippen LogP contribution in [0.5, 0.6) is 0 Å². The highest BCUT2D eigenvalue weighted by atomic mass is 16.5. The molecule has 9 nitrogen and oxygen atoms in total. The van der Waals surface area contributed by atoms with Gasteiger partial charge in [-0.05, 0) is 13.8 Å². The molecule has 0 aliphatic carbocycles. The van der Waals surface area contributed by atoms with Gasteiger partial charge >= 0.3 is 12.0 Å². The van der Waals surface area contributed by atoms with Gasteiger partial charge in [0.1, 0.15) is 12.1 Å². The normalized spacial score (nSPS) is 18.6. The van der Waals surface area contributed by atoms with Gasteiger partial charge in [0, 0.05) is 7.11 Å². The van der Waals surface area contributed by atoms with E-state index in [0.29, 0.717) is 0 Å². The molecule has 0 aromatic rings. The lowest BCUT2D eigenvalue weighted by atomic mass is 10.1. The second-order valence-corrected chi connectivity index (χ2v) is 4.81. The quantitative estimate of drug-likeness (QED) is 0.512. The van der Waals surface area contributed by atoms with Gasteiger partial charge in [-0.3, -0.25) is 14.5 Å². The fraction of sp³-hybridized carbons (Fsp3) is 0.636. The van der Waals surface area contributed by atoms with Gasteiger partial charge in [0.05, 0.1) is 6.54 Å². The van der Waals surface area contributed by atoms with E-state index < -0.39 is 42.0 Å². The smallest absolute Gasteiger partial charge is 0.334 e. The summed E-state index contributed by atoms with van der Waals surface area (Å²) in [6.07, 6.45) is -1.18. The number of carboxylic acid groups (broad SMARTS) is 1. The Labute approximate surface area is 115 Å². The van der Waals surface area contributed by atoms with Crippen LogP contribution in [0.2, 0.25) is 0 Å². The number of carbonyl (C=O) groups excluding carboxylic acids is 3. The van der Waals surface area contributed by atoms with Gasteiger partial charge in [-0.15, -0.1) is 0 Å². The van der Waals surface area contributed by atoms with Gasteiger partial charge in [-0.2, -0.15) is 0 Å². The molecule has 1 heterocycles. The number of nitrogens with one attached hydrogen (secondary N) is 2. The Balaban J connectivity index is 2.53. The minimum Gasteiger partial charge on any atom is -0.479 e. The minimum atomic E-state index is -1.22. The average molecular weight is 287 g/mol. The molecule has 1 fully saturated rings. The van der Waals surface area contributed by atoms with Crippen LogP contribution in [0.3, 0.4) is 0 Å². The minimum absolute atomic E-state index is 0.252. The molecule has 0 spiro atoms. The predicted molar refractivity (Wildman–Crippen MR) is 65.8 cm³/mol. The summed E-state index contributed by atoms with van der Waals surface area (Å²) < 4.78 is 4.63. The molecule has 1 rings (SSSR count). The Morgan fingerprint density at radius 1 is 1.45 bits per heavy atom. The maximum atomic E-state index is 11.8. The number of carbonyl (C=O) groups is 4. The molecule has 112 valence electrons. The van der Waals surface area contributed by atoms with Crippen molar-refractivity contribution >= 4 is 23.8 Å². The third-order valence-corrected chi connectivity index (χ3v) is 2.79. The topological polar surface area (TPSA) is 125 Å². The molecule has 0 radical (unpaired) electrons. The fourth-order valence-electron chi connectivity index (χ4n) is 1.64. The Morgan fingerprint density at radius 3 is 2.45 bits per heavy atom. The van der Waals surface area contributed by atoms with E-state index in [9.17, 15) is 19.2 Å². The molecule has 1 saturated heterocycles. The summed E-state index contributed by atoms with van der Waals surface area (Å²) in [6, 6.07) is -0.656. The van der Waals surface area contributed by atoms with E-state index in [4.69, 9.17) is 5.11 Å². The molecule has 1 unspecified atom stereocenters. The van der Waals surface area contributed by atoms with Crippen LogP contribution < -0.4 is 10.6 Å². The molecule has 20 heavy (non-hydrogen) atoms. The predicted octanol–water partition coefficient (Wildman–Crippen LogP) is -1.47. The summed E-state index contributed by atoms with van der Waals surface area (Å²) in [7, 11) is 1.20. The van der Waals surface area contributed by atoms with E-state index in [1.54, 1.807) is 0 Å². The van der Waals surface area contributed by atoms with Crippen molar-refractivity contribution in [3.8, 4) is 0 Å². The van der Waals surface area contributed by atoms with Crippen molar-refractivity contribution in [1.82, 2.24) is 15.5 Å². The number of nitrogens with zero attached hydrogens (tertiary/aromatic N) is 1. The van der Waals surface area contributed by atoms with Gasteiger partial charge in [0.25, 0.3) is 5.91 Å². The van der Waals surface area contributed by atoms with E-state index >= 15 is 0 Å². The van der Waals surface area contributed by atoms with Crippen molar-refractivity contribution in [3.63, 3.8) is 0 Å². The number of hydrogen-bond donors (Lipinski definition) is 3. The third-order valence-electron chi connectivity index (χ3n) is 2.79. The molecule has 0 aromatic heterocycles. The monoisotopic (exact) mass is 287 g/mol. The number of carboxylic acids is 1. The first-order valence-electron chi connectivity index (χ1n) is 5.85. The summed E-state index contributed by atoms with van der Waals surface area (Å²) >= 11 is 0. The van der Waals surface area contributed by atoms with Crippen molar-refractivity contribution in [1.29, 1.82) is 0 Å². The number of aliphatic carboxylic acids is 1. The number of hydrogen-bond acceptors (Lipinski definition) is 5. The molecule has 1 aliphatic heterocycles. The summed E-state index contributed by atoms with van der Waals surface area (Å²) in [4.78, 5) is 46.4. The van der Waals surface area contributed by atoms with Crippen molar-refractivity contribution in [2.75, 3.05) is 20.2 Å². The summed E-state index contributed by atoms with van der Waals surface area (Å²) in [5.41, 5.74) is -1.05. The maximum absolute atomic E-state index is 11.8. The SMILES string of the molecule is COC(CNC(=O)CN1C(=O)NC(C)(C)C1=O)C(=O)O. The van der Waals surface area contributed by atoms with Crippen LogP contribution in [0.15, 0.2) is 0 Å². The van der Waals surface area contributed by atoms with E-state index in [2.05, 4.69) is 15.4 Å². The van der Waals surface area contributed by atoms with Crippen LogP contribution in [0, 0.1) is 0 Å². The summed E-state index contributed by atoms with van der Waals surface area (Å²) in [6.45, 7) is 2.33. The largest absolute Gasteiger partial charge is 0.479 e. The molecule has 4 amide bonds. The van der Waals surface area contributed by atoms with Gasteiger partial charge < -0.3 is 20.5 Å². The molecule has 0 saturated carbocycles. The van der Waals surface area contributed by atoms with Gasteiger partial charge in [-0.25, -0.2) is 9.59 Å². The van der Waals surface area contributed by atoms with Crippen LogP contribution >= 0.6 is 0 Å². The second kappa shape index (κ2) is 5.87. The number of rotatable bonds is 6. The third kappa shape index (κ3) is 3.44. The van der Waals surface area contributed by atoms with Crippen LogP contribution in [0.1, 0.15) is 13.8 Å². The molecular formula is C11H17N3O6. The van der Waals surface area contributed by atoms with Crippen LogP contribution in [0.4, 0.5) is 4.79 Å². The van der Waals surface area contributed by atoms with Gasteiger partial charge in [0.2, 0.25) is 5.91 Å². The lowest BCUT2D eigenvalue weighted by Crippen LogP contribution is -2.45. The highest BCUT2D eigenvalue weighted by Gasteiger charge is 2.44. The highest BCUT2D eigenvalue weighted by molar-refractivity contribution is 6.08. The lowest BCUT2D eigenvalue weighted by Gasteiger charge is -2.16. The van der Waals surface area contributed by atoms with Gasteiger partial charge in [-0.1, -0.05) is 0 Å². The van der Waals surface area contributed by atoms with E-state index in [-0.39, 0.29) is 6.54 Å². The number of ether oxygens (including phenoxy) is 1. The van der Waals surface area contributed by atoms with Crippen molar-refractivity contribution in [2.45, 2.75) is 25.5 Å². The Morgan fingerprint density at radius 2 is 2.05 bits per heavy atom. The summed E-state index contributed by atoms with van der Waals surface area (Å²) in [5.74, 6) is -2.38. The summed E-state index contributed by atoms with van der Waals surface area (Å²) in [5, 5.41) is 13.4. The molecule has 1 atom stereocenters. The van der Waals surface area contributed by atoms with Crippen LogP contribution in [-0.4, -0.2) is 65.7 Å². The zero-order valence-electron chi connectivity index (χ0n) is 11.4. The zero-order valence-corrected chi connectivity index (χ0v) is 11.4. The Kier molecular flexibility index (Phi) is 4.66. The van der Waals surface area contributed by atoms with E-state index in [0.717, 1.165) is 4.90 Å². The first-order chi connectivity index (χ1) is 9.19. The average Bonchev–Trinajstić information content (AvgIpc) is 2.52. The van der Waals surface area contributed by atoms with Crippen LogP contribution in [-0.2, 0) is 19.1 Å². The molecule has 9 heteroatoms. The first kappa shape index (κ1) is 15.9. The number of methoxy groups -OCH3 is 1.